The predicted octanol–water partition coefficient (Wildman–Crippen LogP) is 4.30. The van der Waals surface area contributed by atoms with Crippen molar-refractivity contribution in [3.63, 3.8) is 0 Å². The number of nitrogens with one attached hydrogen (secondary N) is 1. The van der Waals surface area contributed by atoms with E-state index >= 15 is 0 Å². The first-order chi connectivity index (χ1) is 9.39. The molecule has 0 radical (unpaired) electrons. The first kappa shape index (κ1) is 17.1. The average Bonchev–Trinajstić information content (AvgIpc) is 2.36. The average molecular weight is 281 g/mol. The molecule has 0 bridgehead atoms. The fourth-order valence-electron chi connectivity index (χ4n) is 2.84. The summed E-state index contributed by atoms with van der Waals surface area (Å²) in [5.74, 6) is -0.146. The molecule has 0 heterocycles. The van der Waals surface area contributed by atoms with Crippen LogP contribution in [0, 0.1) is 19.7 Å². The third kappa shape index (κ3) is 3.58. The van der Waals surface area contributed by atoms with Crippen LogP contribution in [-0.2, 0) is 4.74 Å². The van der Waals surface area contributed by atoms with Crippen molar-refractivity contribution in [2.45, 2.75) is 59.6 Å². The summed E-state index contributed by atoms with van der Waals surface area (Å²) in [6, 6.07) is 3.50. The molecule has 0 saturated carbocycles. The van der Waals surface area contributed by atoms with Crippen molar-refractivity contribution in [1.82, 2.24) is 5.32 Å². The molecule has 0 aromatic heterocycles. The molecule has 0 fully saturated rings. The molecule has 20 heavy (non-hydrogen) atoms. The van der Waals surface area contributed by atoms with Gasteiger partial charge in [-0.15, -0.1) is 0 Å². The molecular weight excluding hydrogens is 253 g/mol. The van der Waals surface area contributed by atoms with Gasteiger partial charge in [-0.2, -0.15) is 0 Å². The Balaban J connectivity index is 3.33. The zero-order valence-electron chi connectivity index (χ0n) is 13.6. The highest BCUT2D eigenvalue weighted by molar-refractivity contribution is 5.36. The number of likely N-dealkylation sites (N-methyl/N-ethyl adjacent to an activating group) is 1. The summed E-state index contributed by atoms with van der Waals surface area (Å²) >= 11 is 0. The van der Waals surface area contributed by atoms with Crippen molar-refractivity contribution in [3.05, 3.63) is 34.6 Å². The minimum absolute atomic E-state index is 0.141. The van der Waals surface area contributed by atoms with Crippen LogP contribution in [0.25, 0.3) is 0 Å². The van der Waals surface area contributed by atoms with Crippen molar-refractivity contribution >= 4 is 0 Å². The van der Waals surface area contributed by atoms with E-state index in [9.17, 15) is 4.39 Å². The van der Waals surface area contributed by atoms with E-state index in [2.05, 4.69) is 19.2 Å². The van der Waals surface area contributed by atoms with Crippen LogP contribution < -0.4 is 5.32 Å². The third-order valence-corrected chi connectivity index (χ3v) is 3.96. The number of benzene rings is 1. The molecule has 2 unspecified atom stereocenters. The van der Waals surface area contributed by atoms with Crippen molar-refractivity contribution in [3.8, 4) is 0 Å². The molecule has 0 spiro atoms. The van der Waals surface area contributed by atoms with Gasteiger partial charge >= 0.3 is 0 Å². The minimum atomic E-state index is -0.411. The summed E-state index contributed by atoms with van der Waals surface area (Å²) in [5.41, 5.74) is 2.25. The lowest BCUT2D eigenvalue weighted by molar-refractivity contribution is -0.0568. The summed E-state index contributed by atoms with van der Waals surface area (Å²) in [7, 11) is 0. The predicted molar refractivity (Wildman–Crippen MR) is 82.6 cm³/mol. The first-order valence-corrected chi connectivity index (χ1v) is 7.53. The third-order valence-electron chi connectivity index (χ3n) is 3.96. The molecule has 1 N–H and O–H groups in total. The van der Waals surface area contributed by atoms with E-state index in [4.69, 9.17) is 4.74 Å². The highest BCUT2D eigenvalue weighted by Crippen LogP contribution is 2.35. The Morgan fingerprint density at radius 1 is 1.25 bits per heavy atom. The van der Waals surface area contributed by atoms with Crippen LogP contribution in [-0.4, -0.2) is 18.8 Å². The Morgan fingerprint density at radius 2 is 1.90 bits per heavy atom. The van der Waals surface area contributed by atoms with Crippen LogP contribution in [0.5, 0.6) is 0 Å². The summed E-state index contributed by atoms with van der Waals surface area (Å²) < 4.78 is 20.5. The summed E-state index contributed by atoms with van der Waals surface area (Å²) in [6.07, 6.45) is 0.825. The number of hydrogen-bond acceptors (Lipinski definition) is 2. The fraction of sp³-hybridized carbons (Fsp3) is 0.647. The zero-order chi connectivity index (χ0) is 15.3. The largest absolute Gasteiger partial charge is 0.374 e. The van der Waals surface area contributed by atoms with E-state index < -0.39 is 5.60 Å². The number of hydrogen-bond donors (Lipinski definition) is 1. The van der Waals surface area contributed by atoms with E-state index in [1.807, 2.05) is 33.8 Å². The maximum atomic E-state index is 14.5. The second-order valence-electron chi connectivity index (χ2n) is 5.57. The maximum Gasteiger partial charge on any atom is 0.128 e. The number of rotatable bonds is 7. The lowest BCUT2D eigenvalue weighted by atomic mass is 9.84. The highest BCUT2D eigenvalue weighted by Gasteiger charge is 2.36. The van der Waals surface area contributed by atoms with Crippen molar-refractivity contribution < 1.29 is 9.13 Å². The Labute approximate surface area is 122 Å². The molecule has 114 valence electrons. The molecule has 1 aromatic rings. The molecule has 0 aliphatic rings. The van der Waals surface area contributed by atoms with E-state index in [1.54, 1.807) is 6.07 Å². The fourth-order valence-corrected chi connectivity index (χ4v) is 2.84. The van der Waals surface area contributed by atoms with Crippen LogP contribution in [0.4, 0.5) is 4.39 Å². The molecule has 2 atom stereocenters. The Kier molecular flexibility index (Phi) is 6.15. The number of aryl methyl sites for hydroxylation is 2. The summed E-state index contributed by atoms with van der Waals surface area (Å²) in [4.78, 5) is 0. The SMILES string of the molecule is CCNC(c1c(C)cc(C)cc1F)C(C)(CC)OCC. The summed E-state index contributed by atoms with van der Waals surface area (Å²) in [6.45, 7) is 13.5. The Bertz CT molecular complexity index is 424. The Morgan fingerprint density at radius 3 is 2.35 bits per heavy atom. The molecule has 0 saturated heterocycles. The topological polar surface area (TPSA) is 21.3 Å². The maximum absolute atomic E-state index is 14.5. The molecule has 1 aromatic carbocycles. The molecule has 0 amide bonds. The van der Waals surface area contributed by atoms with Crippen molar-refractivity contribution in [2.75, 3.05) is 13.2 Å². The van der Waals surface area contributed by atoms with E-state index in [0.717, 1.165) is 29.7 Å². The Hall–Kier alpha value is -0.930. The zero-order valence-corrected chi connectivity index (χ0v) is 13.6. The van der Waals surface area contributed by atoms with Gasteiger partial charge in [-0.05, 0) is 57.9 Å². The van der Waals surface area contributed by atoms with Crippen LogP contribution in [0.2, 0.25) is 0 Å². The monoisotopic (exact) mass is 281 g/mol. The lowest BCUT2D eigenvalue weighted by Gasteiger charge is -2.38. The molecule has 1 rings (SSSR count). The molecular formula is C17H28FNO. The number of halogens is 1. The van der Waals surface area contributed by atoms with Crippen LogP contribution in [0.1, 0.15) is 56.8 Å². The van der Waals surface area contributed by atoms with Crippen LogP contribution in [0.15, 0.2) is 12.1 Å². The van der Waals surface area contributed by atoms with Gasteiger partial charge in [0.25, 0.3) is 0 Å². The van der Waals surface area contributed by atoms with Gasteiger partial charge in [0, 0.05) is 12.2 Å². The molecule has 3 heteroatoms. The van der Waals surface area contributed by atoms with Gasteiger partial charge in [0.2, 0.25) is 0 Å². The molecule has 0 aliphatic heterocycles. The van der Waals surface area contributed by atoms with Gasteiger partial charge in [-0.1, -0.05) is 19.9 Å². The second-order valence-corrected chi connectivity index (χ2v) is 5.57. The van der Waals surface area contributed by atoms with Gasteiger partial charge in [-0.3, -0.25) is 0 Å². The van der Waals surface area contributed by atoms with Gasteiger partial charge in [0.05, 0.1) is 11.6 Å². The highest BCUT2D eigenvalue weighted by atomic mass is 19.1. The minimum Gasteiger partial charge on any atom is -0.374 e. The normalized spacial score (nSPS) is 15.9. The standard InChI is InChI=1S/C17H28FNO/c1-7-17(6,20-9-3)16(19-8-2)15-13(5)10-12(4)11-14(15)18/h10-11,16,19H,7-9H2,1-6H3. The van der Waals surface area contributed by atoms with Gasteiger partial charge in [0.15, 0.2) is 0 Å². The van der Waals surface area contributed by atoms with E-state index in [-0.39, 0.29) is 11.9 Å². The van der Waals surface area contributed by atoms with Crippen LogP contribution >= 0.6 is 0 Å². The first-order valence-electron chi connectivity index (χ1n) is 7.53. The van der Waals surface area contributed by atoms with E-state index in [0.29, 0.717) is 6.61 Å². The number of ether oxygens (including phenoxy) is 1. The van der Waals surface area contributed by atoms with Crippen molar-refractivity contribution in [2.24, 2.45) is 0 Å². The summed E-state index contributed by atoms with van der Waals surface area (Å²) in [5, 5.41) is 3.41. The van der Waals surface area contributed by atoms with Gasteiger partial charge in [-0.25, -0.2) is 4.39 Å². The molecule has 0 aliphatic carbocycles. The van der Waals surface area contributed by atoms with Gasteiger partial charge in [0.1, 0.15) is 5.82 Å². The molecule has 2 nitrogen and oxygen atoms in total. The lowest BCUT2D eigenvalue weighted by Crippen LogP contribution is -2.44. The van der Waals surface area contributed by atoms with Crippen LogP contribution in [0.3, 0.4) is 0 Å². The van der Waals surface area contributed by atoms with Gasteiger partial charge < -0.3 is 10.1 Å². The van der Waals surface area contributed by atoms with Crippen molar-refractivity contribution in [1.29, 1.82) is 0 Å². The second kappa shape index (κ2) is 7.19. The van der Waals surface area contributed by atoms with E-state index in [1.165, 1.54) is 0 Å². The quantitative estimate of drug-likeness (QED) is 0.804. The smallest absolute Gasteiger partial charge is 0.128 e.